The first-order chi connectivity index (χ1) is 14.3. The Morgan fingerprint density at radius 1 is 0.933 bits per heavy atom. The normalized spacial score (nSPS) is 11.1. The summed E-state index contributed by atoms with van der Waals surface area (Å²) in [6, 6.07) is 15.3. The molecule has 0 bridgehead atoms. The van der Waals surface area contributed by atoms with E-state index in [-0.39, 0.29) is 23.7 Å². The summed E-state index contributed by atoms with van der Waals surface area (Å²) in [6.07, 6.45) is 1.39. The number of benzene rings is 2. The molecule has 0 saturated heterocycles. The van der Waals surface area contributed by atoms with Crippen molar-refractivity contribution in [2.45, 2.75) is 4.90 Å². The van der Waals surface area contributed by atoms with E-state index in [1.165, 1.54) is 36.6 Å². The van der Waals surface area contributed by atoms with E-state index in [1.807, 2.05) is 0 Å². The third-order valence-electron chi connectivity index (χ3n) is 3.94. The van der Waals surface area contributed by atoms with E-state index in [0.29, 0.717) is 16.3 Å². The number of furan rings is 1. The van der Waals surface area contributed by atoms with Crippen LogP contribution in [0.4, 0.5) is 5.69 Å². The Morgan fingerprint density at radius 3 is 2.47 bits per heavy atom. The van der Waals surface area contributed by atoms with Gasteiger partial charge >= 0.3 is 0 Å². The molecular weight excluding hydrogens is 430 g/mol. The zero-order valence-electron chi connectivity index (χ0n) is 15.6. The molecule has 8 nitrogen and oxygen atoms in total. The summed E-state index contributed by atoms with van der Waals surface area (Å²) >= 11 is 5.81. The van der Waals surface area contributed by atoms with Gasteiger partial charge in [-0.15, -0.1) is 0 Å². The summed E-state index contributed by atoms with van der Waals surface area (Å²) < 4.78 is 31.8. The number of halogens is 1. The first kappa shape index (κ1) is 21.6. The number of sulfonamides is 1. The summed E-state index contributed by atoms with van der Waals surface area (Å²) in [5.74, 6) is -0.698. The predicted molar refractivity (Wildman–Crippen MR) is 112 cm³/mol. The third-order valence-corrected chi connectivity index (χ3v) is 5.63. The third kappa shape index (κ3) is 5.69. The standard InChI is InChI=1S/C20H18ClN3O5S/c21-15-5-2-7-17(13-15)30(27,28)23-10-9-22-19(25)14-4-1-6-16(12-14)24-20(26)18-8-3-11-29-18/h1-8,11-13,23H,9-10H2,(H,22,25)(H,24,26). The molecule has 0 aliphatic rings. The van der Waals surface area contributed by atoms with E-state index in [4.69, 9.17) is 16.0 Å². The van der Waals surface area contributed by atoms with Crippen LogP contribution < -0.4 is 15.4 Å². The molecule has 2 aromatic carbocycles. The Bertz CT molecular complexity index is 1150. The molecule has 3 aromatic rings. The average molecular weight is 448 g/mol. The summed E-state index contributed by atoms with van der Waals surface area (Å²) in [4.78, 5) is 24.4. The minimum Gasteiger partial charge on any atom is -0.459 e. The van der Waals surface area contributed by atoms with Crippen molar-refractivity contribution in [2.24, 2.45) is 0 Å². The van der Waals surface area contributed by atoms with Crippen LogP contribution in [0.5, 0.6) is 0 Å². The molecule has 0 atom stereocenters. The van der Waals surface area contributed by atoms with Gasteiger partial charge in [-0.25, -0.2) is 13.1 Å². The fourth-order valence-electron chi connectivity index (χ4n) is 2.52. The lowest BCUT2D eigenvalue weighted by atomic mass is 10.2. The number of carbonyl (C=O) groups excluding carboxylic acids is 2. The van der Waals surface area contributed by atoms with Gasteiger partial charge in [0.15, 0.2) is 5.76 Å². The quantitative estimate of drug-likeness (QED) is 0.459. The molecule has 0 saturated carbocycles. The van der Waals surface area contributed by atoms with Crippen LogP contribution in [0.3, 0.4) is 0 Å². The molecule has 0 aliphatic carbocycles. The summed E-state index contributed by atoms with van der Waals surface area (Å²) in [5.41, 5.74) is 0.732. The van der Waals surface area contributed by atoms with E-state index < -0.39 is 21.8 Å². The first-order valence-electron chi connectivity index (χ1n) is 8.83. The van der Waals surface area contributed by atoms with Gasteiger partial charge in [0, 0.05) is 29.4 Å². The molecule has 2 amide bonds. The number of carbonyl (C=O) groups is 2. The molecule has 0 fully saturated rings. The Balaban J connectivity index is 1.52. The van der Waals surface area contributed by atoms with Gasteiger partial charge in [0.05, 0.1) is 11.2 Å². The van der Waals surface area contributed by atoms with Crippen molar-refractivity contribution >= 4 is 39.1 Å². The van der Waals surface area contributed by atoms with E-state index in [2.05, 4.69) is 15.4 Å². The molecule has 3 N–H and O–H groups in total. The van der Waals surface area contributed by atoms with Crippen LogP contribution in [-0.4, -0.2) is 33.3 Å². The van der Waals surface area contributed by atoms with Crippen LogP contribution >= 0.6 is 11.6 Å². The Hall–Kier alpha value is -3.14. The number of amides is 2. The van der Waals surface area contributed by atoms with Gasteiger partial charge in [0.2, 0.25) is 10.0 Å². The second-order valence-corrected chi connectivity index (χ2v) is 8.33. The van der Waals surface area contributed by atoms with Gasteiger partial charge in [0.25, 0.3) is 11.8 Å². The lowest BCUT2D eigenvalue weighted by Gasteiger charge is -2.09. The number of hydrogen-bond acceptors (Lipinski definition) is 5. The van der Waals surface area contributed by atoms with Crippen molar-refractivity contribution in [3.05, 3.63) is 83.3 Å². The van der Waals surface area contributed by atoms with Crippen LogP contribution in [0.2, 0.25) is 5.02 Å². The number of rotatable bonds is 8. The second kappa shape index (κ2) is 9.57. The average Bonchev–Trinajstić information content (AvgIpc) is 3.26. The highest BCUT2D eigenvalue weighted by molar-refractivity contribution is 7.89. The van der Waals surface area contributed by atoms with E-state index >= 15 is 0 Å². The highest BCUT2D eigenvalue weighted by atomic mass is 35.5. The topological polar surface area (TPSA) is 118 Å². The molecule has 1 heterocycles. The smallest absolute Gasteiger partial charge is 0.291 e. The van der Waals surface area contributed by atoms with Crippen molar-refractivity contribution in [3.63, 3.8) is 0 Å². The van der Waals surface area contributed by atoms with Gasteiger partial charge in [-0.2, -0.15) is 0 Å². The maximum Gasteiger partial charge on any atom is 0.291 e. The molecule has 1 aromatic heterocycles. The number of nitrogens with one attached hydrogen (secondary N) is 3. The van der Waals surface area contributed by atoms with Crippen LogP contribution in [0.25, 0.3) is 0 Å². The van der Waals surface area contributed by atoms with Gasteiger partial charge < -0.3 is 15.1 Å². The predicted octanol–water partition coefficient (Wildman–Crippen LogP) is 2.89. The Morgan fingerprint density at radius 2 is 1.73 bits per heavy atom. The Labute approximate surface area is 178 Å². The maximum atomic E-state index is 12.3. The van der Waals surface area contributed by atoms with E-state index in [0.717, 1.165) is 0 Å². The van der Waals surface area contributed by atoms with Crippen molar-refractivity contribution < 1.29 is 22.4 Å². The van der Waals surface area contributed by atoms with Crippen LogP contribution in [0, 0.1) is 0 Å². The zero-order chi connectivity index (χ0) is 21.6. The Kier molecular flexibility index (Phi) is 6.88. The molecule has 10 heteroatoms. The number of hydrogen-bond donors (Lipinski definition) is 3. The van der Waals surface area contributed by atoms with Crippen molar-refractivity contribution in [1.82, 2.24) is 10.0 Å². The van der Waals surface area contributed by atoms with Crippen molar-refractivity contribution in [2.75, 3.05) is 18.4 Å². The highest BCUT2D eigenvalue weighted by Gasteiger charge is 2.14. The largest absolute Gasteiger partial charge is 0.459 e. The molecule has 30 heavy (non-hydrogen) atoms. The summed E-state index contributed by atoms with van der Waals surface area (Å²) in [6.45, 7) is 0.0666. The zero-order valence-corrected chi connectivity index (χ0v) is 17.2. The summed E-state index contributed by atoms with van der Waals surface area (Å²) in [5, 5.41) is 5.56. The molecule has 0 radical (unpaired) electrons. The molecule has 0 spiro atoms. The number of anilines is 1. The minimum atomic E-state index is -3.73. The SMILES string of the molecule is O=C(NCCNS(=O)(=O)c1cccc(Cl)c1)c1cccc(NC(=O)c2ccco2)c1. The van der Waals surface area contributed by atoms with Gasteiger partial charge in [0.1, 0.15) is 0 Å². The molecule has 156 valence electrons. The van der Waals surface area contributed by atoms with Crippen LogP contribution in [0.15, 0.2) is 76.2 Å². The maximum absolute atomic E-state index is 12.3. The molecule has 0 unspecified atom stereocenters. The second-order valence-electron chi connectivity index (χ2n) is 6.12. The van der Waals surface area contributed by atoms with Crippen LogP contribution in [-0.2, 0) is 10.0 Å². The molecule has 3 rings (SSSR count). The van der Waals surface area contributed by atoms with E-state index in [9.17, 15) is 18.0 Å². The van der Waals surface area contributed by atoms with Gasteiger partial charge in [-0.1, -0.05) is 23.7 Å². The fraction of sp³-hybridized carbons (Fsp3) is 0.100. The first-order valence-corrected chi connectivity index (χ1v) is 10.7. The van der Waals surface area contributed by atoms with Crippen molar-refractivity contribution in [3.8, 4) is 0 Å². The lowest BCUT2D eigenvalue weighted by Crippen LogP contribution is -2.34. The minimum absolute atomic E-state index is 0.00446. The van der Waals surface area contributed by atoms with Gasteiger partial charge in [-0.3, -0.25) is 9.59 Å². The monoisotopic (exact) mass is 447 g/mol. The fourth-order valence-corrected chi connectivity index (χ4v) is 3.85. The van der Waals surface area contributed by atoms with Gasteiger partial charge in [-0.05, 0) is 48.5 Å². The van der Waals surface area contributed by atoms with Crippen LogP contribution in [0.1, 0.15) is 20.9 Å². The molecular formula is C20H18ClN3O5S. The lowest BCUT2D eigenvalue weighted by molar-refractivity contribution is 0.0952. The van der Waals surface area contributed by atoms with Crippen molar-refractivity contribution in [1.29, 1.82) is 0 Å². The van der Waals surface area contributed by atoms with E-state index in [1.54, 1.807) is 30.3 Å². The summed E-state index contributed by atoms with van der Waals surface area (Å²) in [7, 11) is -3.73. The highest BCUT2D eigenvalue weighted by Crippen LogP contribution is 2.15. The molecule has 0 aliphatic heterocycles.